The number of piperidine rings is 1. The summed E-state index contributed by atoms with van der Waals surface area (Å²) in [6.45, 7) is 3.38. The van der Waals surface area contributed by atoms with Gasteiger partial charge in [-0.2, -0.15) is 0 Å². The van der Waals surface area contributed by atoms with Crippen molar-refractivity contribution in [3.63, 3.8) is 0 Å². The fourth-order valence-electron chi connectivity index (χ4n) is 2.42. The summed E-state index contributed by atoms with van der Waals surface area (Å²) in [6, 6.07) is 5.13. The van der Waals surface area contributed by atoms with E-state index in [0.717, 1.165) is 29.5 Å². The van der Waals surface area contributed by atoms with Crippen molar-refractivity contribution in [2.75, 3.05) is 25.4 Å². The quantitative estimate of drug-likeness (QED) is 0.479. The highest BCUT2D eigenvalue weighted by atomic mass is 127. The first-order valence-corrected chi connectivity index (χ1v) is 8.05. The van der Waals surface area contributed by atoms with Crippen LogP contribution in [0.1, 0.15) is 30.1 Å². The van der Waals surface area contributed by atoms with E-state index in [1.165, 1.54) is 0 Å². The molecule has 1 amide bonds. The number of nitrogen functional groups attached to an aromatic ring is 1. The minimum atomic E-state index is -0.551. The molecule has 21 heavy (non-hydrogen) atoms. The maximum atomic E-state index is 12.0. The highest BCUT2D eigenvalue weighted by molar-refractivity contribution is 14.1. The third-order valence-electron chi connectivity index (χ3n) is 3.57. The number of anilines is 1. The Morgan fingerprint density at radius 3 is 2.95 bits per heavy atom. The molecule has 1 aliphatic heterocycles. The van der Waals surface area contributed by atoms with E-state index in [-0.39, 0.29) is 12.5 Å². The fraction of sp³-hybridized carbons (Fsp3) is 0.467. The number of rotatable bonds is 3. The van der Waals surface area contributed by atoms with Crippen molar-refractivity contribution in [3.8, 4) is 0 Å². The lowest BCUT2D eigenvalue weighted by Crippen LogP contribution is -2.41. The molecule has 1 aliphatic rings. The number of ether oxygens (including phenoxy) is 1. The molecule has 1 heterocycles. The van der Waals surface area contributed by atoms with Crippen LogP contribution in [0.5, 0.6) is 0 Å². The predicted molar refractivity (Wildman–Crippen MR) is 88.8 cm³/mol. The second-order valence-electron chi connectivity index (χ2n) is 5.39. The zero-order valence-corrected chi connectivity index (χ0v) is 14.1. The Labute approximate surface area is 138 Å². The summed E-state index contributed by atoms with van der Waals surface area (Å²) in [7, 11) is 0. The van der Waals surface area contributed by atoms with E-state index in [1.807, 2.05) is 6.07 Å². The summed E-state index contributed by atoms with van der Waals surface area (Å²) < 4.78 is 5.99. The number of nitrogens with two attached hydrogens (primary N) is 1. The lowest BCUT2D eigenvalue weighted by Gasteiger charge is -2.30. The average molecular weight is 402 g/mol. The molecule has 0 unspecified atom stereocenters. The number of carbonyl (C=O) groups excluding carboxylic acids is 2. The number of amides is 1. The number of esters is 1. The molecule has 0 radical (unpaired) electrons. The molecule has 0 bridgehead atoms. The third kappa shape index (κ3) is 4.33. The Balaban J connectivity index is 1.91. The van der Waals surface area contributed by atoms with E-state index in [9.17, 15) is 9.59 Å². The van der Waals surface area contributed by atoms with Crippen molar-refractivity contribution in [1.82, 2.24) is 4.90 Å². The Kier molecular flexibility index (Phi) is 5.44. The van der Waals surface area contributed by atoms with Crippen LogP contribution in [0.2, 0.25) is 0 Å². The Morgan fingerprint density at radius 1 is 1.48 bits per heavy atom. The van der Waals surface area contributed by atoms with Gasteiger partial charge in [0.2, 0.25) is 0 Å². The first-order valence-electron chi connectivity index (χ1n) is 6.97. The lowest BCUT2D eigenvalue weighted by atomic mass is 10.0. The minimum absolute atomic E-state index is 0.140. The molecule has 0 aromatic heterocycles. The largest absolute Gasteiger partial charge is 0.452 e. The summed E-state index contributed by atoms with van der Waals surface area (Å²) in [5.41, 5.74) is 6.43. The highest BCUT2D eigenvalue weighted by Crippen LogP contribution is 2.18. The zero-order valence-electron chi connectivity index (χ0n) is 12.0. The van der Waals surface area contributed by atoms with E-state index in [0.29, 0.717) is 17.2 Å². The summed E-state index contributed by atoms with van der Waals surface area (Å²) in [5.74, 6) is -0.187. The van der Waals surface area contributed by atoms with Crippen LogP contribution in [0, 0.1) is 9.49 Å². The molecule has 5 nitrogen and oxygen atoms in total. The van der Waals surface area contributed by atoms with Gasteiger partial charge in [-0.1, -0.05) is 6.92 Å². The second-order valence-corrected chi connectivity index (χ2v) is 6.64. The van der Waals surface area contributed by atoms with Gasteiger partial charge in [0, 0.05) is 22.3 Å². The lowest BCUT2D eigenvalue weighted by molar-refractivity contribution is -0.136. The van der Waals surface area contributed by atoms with E-state index >= 15 is 0 Å². The Bertz CT molecular complexity index is 548. The molecule has 2 N–H and O–H groups in total. The molecular formula is C15H19IN2O3. The molecule has 1 aromatic rings. The van der Waals surface area contributed by atoms with Crippen LogP contribution in [-0.2, 0) is 9.53 Å². The van der Waals surface area contributed by atoms with Crippen LogP contribution in [0.3, 0.4) is 0 Å². The van der Waals surface area contributed by atoms with Gasteiger partial charge in [-0.25, -0.2) is 4.79 Å². The molecule has 1 aromatic carbocycles. The summed E-state index contributed by atoms with van der Waals surface area (Å²) >= 11 is 2.10. The van der Waals surface area contributed by atoms with E-state index in [1.54, 1.807) is 17.0 Å². The minimum Gasteiger partial charge on any atom is -0.452 e. The van der Waals surface area contributed by atoms with Crippen LogP contribution in [0.25, 0.3) is 0 Å². The van der Waals surface area contributed by atoms with Crippen molar-refractivity contribution in [3.05, 3.63) is 27.3 Å². The first kappa shape index (κ1) is 16.1. The van der Waals surface area contributed by atoms with Gasteiger partial charge in [-0.05, 0) is 59.5 Å². The first-order chi connectivity index (χ1) is 9.97. The molecule has 1 atom stereocenters. The number of hydrogen-bond acceptors (Lipinski definition) is 4. The Morgan fingerprint density at radius 2 is 2.24 bits per heavy atom. The van der Waals surface area contributed by atoms with Crippen molar-refractivity contribution >= 4 is 40.2 Å². The maximum absolute atomic E-state index is 12.0. The number of likely N-dealkylation sites (tertiary alicyclic amines) is 1. The van der Waals surface area contributed by atoms with Crippen LogP contribution in [0.15, 0.2) is 18.2 Å². The van der Waals surface area contributed by atoms with Gasteiger partial charge >= 0.3 is 5.97 Å². The van der Waals surface area contributed by atoms with Crippen LogP contribution in [0.4, 0.5) is 5.69 Å². The molecule has 1 fully saturated rings. The van der Waals surface area contributed by atoms with Gasteiger partial charge in [0.25, 0.3) is 5.91 Å². The molecule has 0 spiro atoms. The van der Waals surface area contributed by atoms with Crippen molar-refractivity contribution < 1.29 is 14.3 Å². The molecular weight excluding hydrogens is 383 g/mol. The van der Waals surface area contributed by atoms with Gasteiger partial charge in [-0.15, -0.1) is 0 Å². The van der Waals surface area contributed by atoms with Crippen LogP contribution in [-0.4, -0.2) is 36.5 Å². The number of hydrogen-bond donors (Lipinski definition) is 1. The molecule has 6 heteroatoms. The van der Waals surface area contributed by atoms with Gasteiger partial charge in [0.1, 0.15) is 0 Å². The smallest absolute Gasteiger partial charge is 0.340 e. The maximum Gasteiger partial charge on any atom is 0.340 e. The van der Waals surface area contributed by atoms with Gasteiger partial charge in [0.05, 0.1) is 5.56 Å². The van der Waals surface area contributed by atoms with Crippen molar-refractivity contribution in [2.45, 2.75) is 19.8 Å². The summed E-state index contributed by atoms with van der Waals surface area (Å²) in [4.78, 5) is 25.8. The van der Waals surface area contributed by atoms with Crippen LogP contribution < -0.4 is 5.73 Å². The monoisotopic (exact) mass is 402 g/mol. The second kappa shape index (κ2) is 7.11. The highest BCUT2D eigenvalue weighted by Gasteiger charge is 2.22. The van der Waals surface area contributed by atoms with E-state index in [4.69, 9.17) is 10.5 Å². The normalized spacial score (nSPS) is 18.4. The van der Waals surface area contributed by atoms with Gasteiger partial charge in [-0.3, -0.25) is 4.79 Å². The molecule has 1 saturated heterocycles. The number of benzene rings is 1. The van der Waals surface area contributed by atoms with Crippen molar-refractivity contribution in [2.24, 2.45) is 5.92 Å². The number of nitrogens with zero attached hydrogens (tertiary/aromatic N) is 1. The van der Waals surface area contributed by atoms with E-state index < -0.39 is 5.97 Å². The fourth-order valence-corrected chi connectivity index (χ4v) is 2.91. The molecule has 114 valence electrons. The van der Waals surface area contributed by atoms with Gasteiger partial charge < -0.3 is 15.4 Å². The molecule has 0 saturated carbocycles. The summed E-state index contributed by atoms with van der Waals surface area (Å²) in [6.07, 6.45) is 2.15. The summed E-state index contributed by atoms with van der Waals surface area (Å²) in [5, 5.41) is 0. The Hall–Kier alpha value is -1.31. The van der Waals surface area contributed by atoms with Crippen molar-refractivity contribution in [1.29, 1.82) is 0 Å². The zero-order chi connectivity index (χ0) is 15.4. The molecule has 2 rings (SSSR count). The number of halogens is 1. The standard InChI is InChI=1S/C15H19IN2O3/c1-10-3-2-6-18(8-10)14(19)9-21-15(20)12-7-11(16)4-5-13(12)17/h4-5,7,10H,2-3,6,8-9,17H2,1H3/t10-/m0/s1. The van der Waals surface area contributed by atoms with Crippen LogP contribution >= 0.6 is 22.6 Å². The predicted octanol–water partition coefficient (Wildman–Crippen LogP) is 2.29. The number of carbonyl (C=O) groups is 2. The average Bonchev–Trinajstić information content (AvgIpc) is 2.47. The SMILES string of the molecule is C[C@H]1CCCN(C(=O)COC(=O)c2cc(I)ccc2N)C1. The topological polar surface area (TPSA) is 72.6 Å². The van der Waals surface area contributed by atoms with Gasteiger partial charge in [0.15, 0.2) is 6.61 Å². The third-order valence-corrected chi connectivity index (χ3v) is 4.24. The molecule has 0 aliphatic carbocycles. The van der Waals surface area contributed by atoms with E-state index in [2.05, 4.69) is 29.5 Å².